The third-order valence-corrected chi connectivity index (χ3v) is 2.89. The average Bonchev–Trinajstić information content (AvgIpc) is 2.27. The minimum atomic E-state index is -4.24. The Morgan fingerprint density at radius 3 is 2.89 bits per heavy atom. The van der Waals surface area contributed by atoms with E-state index in [2.05, 4.69) is 15.3 Å². The van der Waals surface area contributed by atoms with Crippen LogP contribution in [0.3, 0.4) is 0 Å². The first-order valence-electron chi connectivity index (χ1n) is 5.81. The van der Waals surface area contributed by atoms with Gasteiger partial charge in [-0.1, -0.05) is 0 Å². The molecular formula is C11H15F3N4. The highest BCUT2D eigenvalue weighted by Crippen LogP contribution is 2.22. The standard InChI is InChI=1S/C11H15F3N4/c1-8-6-15-2-3-18(8)10-4-9(16-7-17-10)5-11(12,13)14/h4,7-8,15H,2-3,5-6H2,1H3/t8-/m0/s1. The lowest BCUT2D eigenvalue weighted by Gasteiger charge is -2.34. The molecule has 1 atom stereocenters. The zero-order valence-corrected chi connectivity index (χ0v) is 10.0. The highest BCUT2D eigenvalue weighted by Gasteiger charge is 2.29. The third-order valence-electron chi connectivity index (χ3n) is 2.89. The van der Waals surface area contributed by atoms with Crippen molar-refractivity contribution >= 4 is 5.82 Å². The van der Waals surface area contributed by atoms with Gasteiger partial charge in [-0.3, -0.25) is 0 Å². The van der Waals surface area contributed by atoms with Gasteiger partial charge in [0.25, 0.3) is 0 Å². The SMILES string of the molecule is C[C@H]1CNCCN1c1cc(CC(F)(F)F)ncn1. The molecule has 0 aromatic carbocycles. The number of aromatic nitrogens is 2. The van der Waals surface area contributed by atoms with E-state index < -0.39 is 12.6 Å². The van der Waals surface area contributed by atoms with Crippen LogP contribution in [0.25, 0.3) is 0 Å². The van der Waals surface area contributed by atoms with Crippen molar-refractivity contribution < 1.29 is 13.2 Å². The van der Waals surface area contributed by atoms with Crippen LogP contribution < -0.4 is 10.2 Å². The second-order valence-electron chi connectivity index (χ2n) is 4.41. The Kier molecular flexibility index (Phi) is 3.70. The average molecular weight is 260 g/mol. The summed E-state index contributed by atoms with van der Waals surface area (Å²) in [7, 11) is 0. The van der Waals surface area contributed by atoms with Crippen molar-refractivity contribution in [3.05, 3.63) is 18.1 Å². The van der Waals surface area contributed by atoms with E-state index in [9.17, 15) is 13.2 Å². The number of piperazine rings is 1. The molecule has 2 rings (SSSR count). The molecule has 0 radical (unpaired) electrons. The zero-order chi connectivity index (χ0) is 13.2. The number of hydrogen-bond donors (Lipinski definition) is 1. The molecule has 0 spiro atoms. The molecule has 100 valence electrons. The summed E-state index contributed by atoms with van der Waals surface area (Å²) in [5.74, 6) is 0.568. The van der Waals surface area contributed by atoms with Gasteiger partial charge in [-0.05, 0) is 6.92 Å². The summed E-state index contributed by atoms with van der Waals surface area (Å²) in [6, 6.07) is 1.64. The summed E-state index contributed by atoms with van der Waals surface area (Å²) in [4.78, 5) is 9.73. The predicted octanol–water partition coefficient (Wildman–Crippen LogP) is 1.38. The second-order valence-corrected chi connectivity index (χ2v) is 4.41. The lowest BCUT2D eigenvalue weighted by atomic mass is 10.2. The van der Waals surface area contributed by atoms with E-state index >= 15 is 0 Å². The van der Waals surface area contributed by atoms with Gasteiger partial charge in [0, 0.05) is 31.7 Å². The molecule has 4 nitrogen and oxygen atoms in total. The lowest BCUT2D eigenvalue weighted by Crippen LogP contribution is -2.50. The summed E-state index contributed by atoms with van der Waals surface area (Å²) < 4.78 is 36.9. The van der Waals surface area contributed by atoms with Gasteiger partial charge in [0.1, 0.15) is 12.1 Å². The first-order valence-corrected chi connectivity index (χ1v) is 5.81. The summed E-state index contributed by atoms with van der Waals surface area (Å²) >= 11 is 0. The van der Waals surface area contributed by atoms with Gasteiger partial charge in [-0.2, -0.15) is 13.2 Å². The molecule has 0 amide bonds. The molecule has 1 aromatic rings. The molecule has 1 saturated heterocycles. The highest BCUT2D eigenvalue weighted by molar-refractivity contribution is 5.41. The lowest BCUT2D eigenvalue weighted by molar-refractivity contribution is -0.127. The van der Waals surface area contributed by atoms with E-state index in [1.807, 2.05) is 11.8 Å². The molecule has 18 heavy (non-hydrogen) atoms. The van der Waals surface area contributed by atoms with Crippen LogP contribution in [0.15, 0.2) is 12.4 Å². The van der Waals surface area contributed by atoms with E-state index in [1.165, 1.54) is 12.4 Å². The largest absolute Gasteiger partial charge is 0.394 e. The Labute approximate surface area is 103 Å². The normalized spacial score (nSPS) is 21.1. The van der Waals surface area contributed by atoms with Crippen molar-refractivity contribution in [2.45, 2.75) is 25.6 Å². The van der Waals surface area contributed by atoms with E-state index in [4.69, 9.17) is 0 Å². The Balaban J connectivity index is 2.16. The van der Waals surface area contributed by atoms with E-state index in [-0.39, 0.29) is 11.7 Å². The minimum absolute atomic E-state index is 0.0123. The van der Waals surface area contributed by atoms with Crippen molar-refractivity contribution in [1.29, 1.82) is 0 Å². The summed E-state index contributed by atoms with van der Waals surface area (Å²) in [5.41, 5.74) is 0.0123. The third kappa shape index (κ3) is 3.32. The van der Waals surface area contributed by atoms with Gasteiger partial charge in [-0.25, -0.2) is 9.97 Å². The van der Waals surface area contributed by atoms with Gasteiger partial charge in [0.05, 0.1) is 12.1 Å². The summed E-state index contributed by atoms with van der Waals surface area (Å²) in [5, 5.41) is 3.22. The van der Waals surface area contributed by atoms with Crippen LogP contribution in [-0.2, 0) is 6.42 Å². The monoisotopic (exact) mass is 260 g/mol. The van der Waals surface area contributed by atoms with Gasteiger partial charge in [0.15, 0.2) is 0 Å². The van der Waals surface area contributed by atoms with Crippen LogP contribution in [0.2, 0.25) is 0 Å². The highest BCUT2D eigenvalue weighted by atomic mass is 19.4. The molecular weight excluding hydrogens is 245 g/mol. The molecule has 1 N–H and O–H groups in total. The van der Waals surface area contributed by atoms with E-state index in [0.29, 0.717) is 5.82 Å². The number of halogens is 3. The zero-order valence-electron chi connectivity index (χ0n) is 10.0. The second kappa shape index (κ2) is 5.09. The topological polar surface area (TPSA) is 41.0 Å². The quantitative estimate of drug-likeness (QED) is 0.872. The van der Waals surface area contributed by atoms with Crippen molar-refractivity contribution in [2.24, 2.45) is 0 Å². The van der Waals surface area contributed by atoms with Crippen molar-refractivity contribution in [2.75, 3.05) is 24.5 Å². The molecule has 1 aliphatic heterocycles. The van der Waals surface area contributed by atoms with Gasteiger partial charge in [0.2, 0.25) is 0 Å². The maximum atomic E-state index is 12.3. The van der Waals surface area contributed by atoms with Gasteiger partial charge < -0.3 is 10.2 Å². The molecule has 2 heterocycles. The number of hydrogen-bond acceptors (Lipinski definition) is 4. The Morgan fingerprint density at radius 2 is 2.22 bits per heavy atom. The molecule has 1 aliphatic rings. The number of nitrogens with one attached hydrogen (secondary N) is 1. The van der Waals surface area contributed by atoms with Gasteiger partial charge in [-0.15, -0.1) is 0 Å². The van der Waals surface area contributed by atoms with Crippen molar-refractivity contribution in [3.8, 4) is 0 Å². The molecule has 0 unspecified atom stereocenters. The fourth-order valence-electron chi connectivity index (χ4n) is 2.03. The molecule has 0 aliphatic carbocycles. The number of rotatable bonds is 2. The molecule has 1 fully saturated rings. The number of nitrogens with zero attached hydrogens (tertiary/aromatic N) is 3. The molecule has 7 heteroatoms. The summed E-state index contributed by atoms with van der Waals surface area (Å²) in [6.45, 7) is 4.36. The summed E-state index contributed by atoms with van der Waals surface area (Å²) in [6.07, 6.45) is -4.05. The predicted molar refractivity (Wildman–Crippen MR) is 61.5 cm³/mol. The molecule has 0 bridgehead atoms. The first-order chi connectivity index (χ1) is 8.46. The van der Waals surface area contributed by atoms with E-state index in [0.717, 1.165) is 19.6 Å². The van der Waals surface area contributed by atoms with Crippen LogP contribution in [0.4, 0.5) is 19.0 Å². The maximum absolute atomic E-state index is 12.3. The maximum Gasteiger partial charge on any atom is 0.394 e. The van der Waals surface area contributed by atoms with Crippen LogP contribution in [0.1, 0.15) is 12.6 Å². The molecule has 1 aromatic heterocycles. The van der Waals surface area contributed by atoms with Crippen LogP contribution in [0.5, 0.6) is 0 Å². The van der Waals surface area contributed by atoms with Crippen LogP contribution in [-0.4, -0.2) is 41.8 Å². The van der Waals surface area contributed by atoms with Crippen LogP contribution in [0, 0.1) is 0 Å². The Hall–Kier alpha value is -1.37. The smallest absolute Gasteiger partial charge is 0.351 e. The molecule has 0 saturated carbocycles. The van der Waals surface area contributed by atoms with E-state index in [1.54, 1.807) is 0 Å². The number of alkyl halides is 3. The fraction of sp³-hybridized carbons (Fsp3) is 0.636. The Bertz CT molecular complexity index is 408. The van der Waals surface area contributed by atoms with Crippen molar-refractivity contribution in [1.82, 2.24) is 15.3 Å². The Morgan fingerprint density at radius 1 is 1.44 bits per heavy atom. The number of anilines is 1. The van der Waals surface area contributed by atoms with Crippen LogP contribution >= 0.6 is 0 Å². The van der Waals surface area contributed by atoms with Gasteiger partial charge >= 0.3 is 6.18 Å². The fourth-order valence-corrected chi connectivity index (χ4v) is 2.03. The minimum Gasteiger partial charge on any atom is -0.351 e. The van der Waals surface area contributed by atoms with Crippen molar-refractivity contribution in [3.63, 3.8) is 0 Å². The first kappa shape index (κ1) is 13.1.